The molecular formula is C14H23NO3. The van der Waals surface area contributed by atoms with Gasteiger partial charge in [0.05, 0.1) is 20.8 Å². The lowest BCUT2D eigenvalue weighted by molar-refractivity contribution is 0.239. The van der Waals surface area contributed by atoms with E-state index < -0.39 is 0 Å². The molecule has 18 heavy (non-hydrogen) atoms. The summed E-state index contributed by atoms with van der Waals surface area (Å²) < 4.78 is 10.5. The van der Waals surface area contributed by atoms with Gasteiger partial charge in [0.15, 0.2) is 11.5 Å². The zero-order chi connectivity index (χ0) is 13.5. The second-order valence-electron chi connectivity index (χ2n) is 4.33. The molecule has 102 valence electrons. The Bertz CT molecular complexity index is 368. The number of aliphatic hydroxyl groups is 1. The Morgan fingerprint density at radius 2 is 1.89 bits per heavy atom. The molecule has 0 saturated carbocycles. The van der Waals surface area contributed by atoms with E-state index >= 15 is 0 Å². The third-order valence-electron chi connectivity index (χ3n) is 2.98. The van der Waals surface area contributed by atoms with Crippen LogP contribution in [0, 0.1) is 0 Å². The monoisotopic (exact) mass is 253 g/mol. The molecule has 1 aromatic rings. The molecule has 0 bridgehead atoms. The molecule has 0 fully saturated rings. The molecule has 4 nitrogen and oxygen atoms in total. The van der Waals surface area contributed by atoms with Crippen molar-refractivity contribution >= 4 is 0 Å². The number of methoxy groups -OCH3 is 2. The maximum absolute atomic E-state index is 9.10. The highest BCUT2D eigenvalue weighted by Gasteiger charge is 2.14. The van der Waals surface area contributed by atoms with Gasteiger partial charge in [0.1, 0.15) is 0 Å². The average Bonchev–Trinajstić information content (AvgIpc) is 2.43. The van der Waals surface area contributed by atoms with Gasteiger partial charge < -0.3 is 19.9 Å². The fourth-order valence-electron chi connectivity index (χ4n) is 1.92. The van der Waals surface area contributed by atoms with Crippen LogP contribution in [0.25, 0.3) is 0 Å². The van der Waals surface area contributed by atoms with Gasteiger partial charge in [-0.3, -0.25) is 0 Å². The minimum Gasteiger partial charge on any atom is -0.493 e. The van der Waals surface area contributed by atoms with E-state index in [4.69, 9.17) is 14.6 Å². The van der Waals surface area contributed by atoms with Crippen molar-refractivity contribution < 1.29 is 14.6 Å². The summed E-state index contributed by atoms with van der Waals surface area (Å²) in [5.41, 5.74) is 1.13. The molecule has 4 heteroatoms. The van der Waals surface area contributed by atoms with Crippen LogP contribution in [-0.2, 0) is 0 Å². The Morgan fingerprint density at radius 3 is 2.39 bits per heavy atom. The first kappa shape index (κ1) is 14.8. The quantitative estimate of drug-likeness (QED) is 0.781. The Kier molecular flexibility index (Phi) is 5.95. The fourth-order valence-corrected chi connectivity index (χ4v) is 1.92. The first-order valence-electron chi connectivity index (χ1n) is 6.25. The second-order valence-corrected chi connectivity index (χ2v) is 4.33. The summed E-state index contributed by atoms with van der Waals surface area (Å²) in [6.45, 7) is 4.20. The van der Waals surface area contributed by atoms with Gasteiger partial charge in [0, 0.05) is 12.1 Å². The van der Waals surface area contributed by atoms with Crippen molar-refractivity contribution in [2.45, 2.75) is 32.4 Å². The Hall–Kier alpha value is -1.26. The van der Waals surface area contributed by atoms with Crippen LogP contribution in [-0.4, -0.2) is 32.0 Å². The van der Waals surface area contributed by atoms with Crippen molar-refractivity contribution in [3.05, 3.63) is 23.8 Å². The van der Waals surface area contributed by atoms with E-state index in [0.717, 1.165) is 23.5 Å². The van der Waals surface area contributed by atoms with Crippen molar-refractivity contribution in [3.8, 4) is 11.5 Å². The minimum absolute atomic E-state index is 0.0723. The van der Waals surface area contributed by atoms with Crippen LogP contribution < -0.4 is 14.8 Å². The maximum Gasteiger partial charge on any atom is 0.161 e. The average molecular weight is 253 g/mol. The molecule has 2 atom stereocenters. The number of rotatable bonds is 7. The normalized spacial score (nSPS) is 14.1. The molecule has 0 saturated heterocycles. The summed E-state index contributed by atoms with van der Waals surface area (Å²) in [6, 6.07) is 6.17. The molecule has 0 spiro atoms. The zero-order valence-corrected chi connectivity index (χ0v) is 11.6. The Labute approximate surface area is 109 Å². The summed E-state index contributed by atoms with van der Waals surface area (Å²) in [7, 11) is 3.26. The number of hydrogen-bond acceptors (Lipinski definition) is 4. The predicted octanol–water partition coefficient (Wildman–Crippen LogP) is 2.13. The topological polar surface area (TPSA) is 50.7 Å². The van der Waals surface area contributed by atoms with Crippen LogP contribution in [0.5, 0.6) is 11.5 Å². The van der Waals surface area contributed by atoms with Crippen LogP contribution in [0.15, 0.2) is 18.2 Å². The van der Waals surface area contributed by atoms with Gasteiger partial charge in [-0.25, -0.2) is 0 Å². The molecular weight excluding hydrogens is 230 g/mol. The van der Waals surface area contributed by atoms with Crippen molar-refractivity contribution in [2.24, 2.45) is 0 Å². The SMILES string of the molecule is CCC(NC(C)CO)c1ccc(OC)c(OC)c1. The number of aliphatic hydroxyl groups excluding tert-OH is 1. The predicted molar refractivity (Wildman–Crippen MR) is 72.3 cm³/mol. The van der Waals surface area contributed by atoms with Crippen molar-refractivity contribution in [1.82, 2.24) is 5.32 Å². The molecule has 0 radical (unpaired) electrons. The van der Waals surface area contributed by atoms with E-state index in [1.54, 1.807) is 14.2 Å². The van der Waals surface area contributed by atoms with E-state index in [9.17, 15) is 0 Å². The molecule has 1 aromatic carbocycles. The Morgan fingerprint density at radius 1 is 1.22 bits per heavy atom. The fraction of sp³-hybridized carbons (Fsp3) is 0.571. The summed E-state index contributed by atoms with van der Waals surface area (Å²) in [4.78, 5) is 0. The van der Waals surface area contributed by atoms with Crippen molar-refractivity contribution in [1.29, 1.82) is 0 Å². The Balaban J connectivity index is 2.92. The van der Waals surface area contributed by atoms with Gasteiger partial charge in [0.25, 0.3) is 0 Å². The van der Waals surface area contributed by atoms with Crippen LogP contribution in [0.4, 0.5) is 0 Å². The summed E-state index contributed by atoms with van der Waals surface area (Å²) in [5.74, 6) is 1.46. The number of benzene rings is 1. The molecule has 0 aliphatic rings. The van der Waals surface area contributed by atoms with Crippen molar-refractivity contribution in [3.63, 3.8) is 0 Å². The third-order valence-corrected chi connectivity index (χ3v) is 2.98. The first-order valence-corrected chi connectivity index (χ1v) is 6.25. The lowest BCUT2D eigenvalue weighted by Crippen LogP contribution is -2.32. The van der Waals surface area contributed by atoms with Gasteiger partial charge in [0.2, 0.25) is 0 Å². The molecule has 0 aliphatic heterocycles. The van der Waals surface area contributed by atoms with Crippen LogP contribution in [0.3, 0.4) is 0 Å². The van der Waals surface area contributed by atoms with Gasteiger partial charge in [-0.05, 0) is 31.0 Å². The van der Waals surface area contributed by atoms with Crippen LogP contribution in [0.2, 0.25) is 0 Å². The maximum atomic E-state index is 9.10. The van der Waals surface area contributed by atoms with E-state index in [0.29, 0.717) is 0 Å². The van der Waals surface area contributed by atoms with E-state index in [1.165, 1.54) is 0 Å². The summed E-state index contributed by atoms with van der Waals surface area (Å²) in [6.07, 6.45) is 0.944. The number of hydrogen-bond donors (Lipinski definition) is 2. The first-order chi connectivity index (χ1) is 8.65. The highest BCUT2D eigenvalue weighted by Crippen LogP contribution is 2.30. The highest BCUT2D eigenvalue weighted by molar-refractivity contribution is 5.43. The highest BCUT2D eigenvalue weighted by atomic mass is 16.5. The van der Waals surface area contributed by atoms with Gasteiger partial charge in [-0.1, -0.05) is 13.0 Å². The number of nitrogens with one attached hydrogen (secondary N) is 1. The van der Waals surface area contributed by atoms with Gasteiger partial charge in [-0.15, -0.1) is 0 Å². The van der Waals surface area contributed by atoms with E-state index in [2.05, 4.69) is 12.2 Å². The summed E-state index contributed by atoms with van der Waals surface area (Å²) >= 11 is 0. The number of ether oxygens (including phenoxy) is 2. The smallest absolute Gasteiger partial charge is 0.161 e. The lowest BCUT2D eigenvalue weighted by Gasteiger charge is -2.22. The standard InChI is InChI=1S/C14H23NO3/c1-5-12(15-10(2)9-16)11-6-7-13(17-3)14(8-11)18-4/h6-8,10,12,15-16H,5,9H2,1-4H3. The largest absolute Gasteiger partial charge is 0.493 e. The van der Waals surface area contributed by atoms with E-state index in [1.807, 2.05) is 25.1 Å². The molecule has 2 N–H and O–H groups in total. The zero-order valence-electron chi connectivity index (χ0n) is 11.6. The van der Waals surface area contributed by atoms with Crippen LogP contribution >= 0.6 is 0 Å². The lowest BCUT2D eigenvalue weighted by atomic mass is 10.0. The van der Waals surface area contributed by atoms with Crippen LogP contribution in [0.1, 0.15) is 31.9 Å². The summed E-state index contributed by atoms with van der Waals surface area (Å²) in [5, 5.41) is 12.5. The van der Waals surface area contributed by atoms with Crippen molar-refractivity contribution in [2.75, 3.05) is 20.8 Å². The van der Waals surface area contributed by atoms with E-state index in [-0.39, 0.29) is 18.7 Å². The second kappa shape index (κ2) is 7.24. The molecule has 1 rings (SSSR count). The third kappa shape index (κ3) is 3.62. The minimum atomic E-state index is 0.0723. The molecule has 2 unspecified atom stereocenters. The molecule has 0 aromatic heterocycles. The van der Waals surface area contributed by atoms with Gasteiger partial charge in [-0.2, -0.15) is 0 Å². The molecule has 0 heterocycles. The molecule has 0 amide bonds. The molecule has 0 aliphatic carbocycles. The van der Waals surface area contributed by atoms with Gasteiger partial charge >= 0.3 is 0 Å².